The van der Waals surface area contributed by atoms with Crippen molar-refractivity contribution in [2.24, 2.45) is 0 Å². The minimum Gasteiger partial charge on any atom is -0.490 e. The molecule has 0 N–H and O–H groups in total. The highest BCUT2D eigenvalue weighted by molar-refractivity contribution is 5.72. The van der Waals surface area contributed by atoms with Gasteiger partial charge in [0.25, 0.3) is 0 Å². The van der Waals surface area contributed by atoms with E-state index < -0.39 is 23.3 Å². The van der Waals surface area contributed by atoms with Crippen molar-refractivity contribution in [2.75, 3.05) is 13.2 Å². The van der Waals surface area contributed by atoms with Gasteiger partial charge in [-0.25, -0.2) is 13.2 Å². The summed E-state index contributed by atoms with van der Waals surface area (Å²) in [6.45, 7) is 4.85. The summed E-state index contributed by atoms with van der Waals surface area (Å²) in [5, 5.41) is 0. The zero-order valence-electron chi connectivity index (χ0n) is 24.7. The van der Waals surface area contributed by atoms with Crippen molar-refractivity contribution >= 4 is 0 Å². The standard InChI is InChI=1S/C36H42F4O2/c1-3-5-7-8-9-11-23-41-32-22-21-30(35(39)36(32)40)26-15-13-25(14-16-26)29-19-20-31(34(38)33(29)37)27-17-18-28(42-24-27)12-10-6-4-2/h4,6,13-16,19-22,27-28H,3,5,7-12,17-18,23-24H2,1-2H3. The minimum atomic E-state index is -1.03. The molecule has 1 aliphatic rings. The summed E-state index contributed by atoms with van der Waals surface area (Å²) < 4.78 is 71.5. The molecule has 4 rings (SSSR count). The highest BCUT2D eigenvalue weighted by Gasteiger charge is 2.27. The van der Waals surface area contributed by atoms with Gasteiger partial charge in [0.1, 0.15) is 0 Å². The number of rotatable bonds is 14. The second-order valence-electron chi connectivity index (χ2n) is 11.1. The number of hydrogen-bond donors (Lipinski definition) is 0. The summed E-state index contributed by atoms with van der Waals surface area (Å²) in [4.78, 5) is 0. The molecule has 2 atom stereocenters. The normalized spacial score (nSPS) is 17.2. The quantitative estimate of drug-likeness (QED) is 0.107. The first-order chi connectivity index (χ1) is 20.4. The summed E-state index contributed by atoms with van der Waals surface area (Å²) in [5.41, 5.74) is 1.41. The first kappa shape index (κ1) is 31.8. The van der Waals surface area contributed by atoms with E-state index in [0.717, 1.165) is 44.9 Å². The predicted octanol–water partition coefficient (Wildman–Crippen LogP) is 10.9. The lowest BCUT2D eigenvalue weighted by Crippen LogP contribution is -2.25. The zero-order chi connectivity index (χ0) is 29.9. The average molecular weight is 583 g/mol. The lowest BCUT2D eigenvalue weighted by Gasteiger charge is -2.29. The van der Waals surface area contributed by atoms with Crippen molar-refractivity contribution < 1.29 is 27.0 Å². The second-order valence-corrected chi connectivity index (χ2v) is 11.1. The Hall–Kier alpha value is -3.12. The number of benzene rings is 3. The molecule has 3 aromatic carbocycles. The third kappa shape index (κ3) is 8.03. The SMILES string of the molecule is CC=CCCC1CCC(c2ccc(-c3ccc(-c4ccc(OCCCCCCCC)c(F)c4F)cc3)c(F)c2F)CO1. The van der Waals surface area contributed by atoms with Crippen LogP contribution >= 0.6 is 0 Å². The topological polar surface area (TPSA) is 18.5 Å². The molecule has 0 radical (unpaired) electrons. The van der Waals surface area contributed by atoms with Crippen molar-refractivity contribution in [3.8, 4) is 28.0 Å². The van der Waals surface area contributed by atoms with Gasteiger partial charge in [-0.3, -0.25) is 0 Å². The molecular weight excluding hydrogens is 540 g/mol. The largest absolute Gasteiger partial charge is 0.490 e. The fraction of sp³-hybridized carbons (Fsp3) is 0.444. The van der Waals surface area contributed by atoms with Crippen LogP contribution in [-0.4, -0.2) is 19.3 Å². The van der Waals surface area contributed by atoms with Crippen molar-refractivity contribution in [2.45, 2.75) is 90.1 Å². The first-order valence-corrected chi connectivity index (χ1v) is 15.4. The average Bonchev–Trinajstić information content (AvgIpc) is 3.01. The fourth-order valence-corrected chi connectivity index (χ4v) is 5.59. The second kappa shape index (κ2) is 15.9. The maximum atomic E-state index is 15.2. The Morgan fingerprint density at radius 2 is 1.40 bits per heavy atom. The number of hydrogen-bond acceptors (Lipinski definition) is 2. The van der Waals surface area contributed by atoms with Crippen LogP contribution in [0.5, 0.6) is 5.75 Å². The van der Waals surface area contributed by atoms with E-state index >= 15 is 8.78 Å². The van der Waals surface area contributed by atoms with E-state index in [4.69, 9.17) is 9.47 Å². The van der Waals surface area contributed by atoms with E-state index in [0.29, 0.717) is 29.9 Å². The molecule has 0 saturated carbocycles. The van der Waals surface area contributed by atoms with E-state index in [1.54, 1.807) is 36.4 Å². The van der Waals surface area contributed by atoms with Gasteiger partial charge in [0.05, 0.1) is 19.3 Å². The van der Waals surface area contributed by atoms with Crippen LogP contribution in [0.25, 0.3) is 22.3 Å². The maximum Gasteiger partial charge on any atom is 0.201 e. The van der Waals surface area contributed by atoms with E-state index in [1.165, 1.54) is 31.4 Å². The summed E-state index contributed by atoms with van der Waals surface area (Å²) in [6, 6.07) is 12.5. The van der Waals surface area contributed by atoms with Crippen LogP contribution in [0.1, 0.15) is 89.5 Å². The Morgan fingerprint density at radius 1 is 0.762 bits per heavy atom. The van der Waals surface area contributed by atoms with E-state index in [9.17, 15) is 8.78 Å². The number of allylic oxidation sites excluding steroid dienone is 2. The van der Waals surface area contributed by atoms with Crippen LogP contribution in [0.15, 0.2) is 60.7 Å². The smallest absolute Gasteiger partial charge is 0.201 e. The van der Waals surface area contributed by atoms with E-state index in [1.807, 2.05) is 13.0 Å². The van der Waals surface area contributed by atoms with Crippen molar-refractivity contribution in [3.63, 3.8) is 0 Å². The summed E-state index contributed by atoms with van der Waals surface area (Å²) in [5.74, 6) is -4.09. The van der Waals surface area contributed by atoms with E-state index in [-0.39, 0.29) is 28.9 Å². The highest BCUT2D eigenvalue weighted by Crippen LogP contribution is 2.36. The van der Waals surface area contributed by atoms with Gasteiger partial charge in [-0.05, 0) is 67.9 Å². The van der Waals surface area contributed by atoms with Crippen LogP contribution in [0.4, 0.5) is 17.6 Å². The molecule has 1 fully saturated rings. The Morgan fingerprint density at radius 3 is 2.05 bits per heavy atom. The van der Waals surface area contributed by atoms with Crippen LogP contribution in [0.3, 0.4) is 0 Å². The molecule has 0 spiro atoms. The molecule has 2 nitrogen and oxygen atoms in total. The number of unbranched alkanes of at least 4 members (excludes halogenated alkanes) is 5. The maximum absolute atomic E-state index is 15.2. The van der Waals surface area contributed by atoms with Gasteiger partial charge in [0.2, 0.25) is 5.82 Å². The summed E-state index contributed by atoms with van der Waals surface area (Å²) >= 11 is 0. The molecule has 0 amide bonds. The molecule has 42 heavy (non-hydrogen) atoms. The van der Waals surface area contributed by atoms with Gasteiger partial charge < -0.3 is 9.47 Å². The molecule has 0 aromatic heterocycles. The van der Waals surface area contributed by atoms with Gasteiger partial charge >= 0.3 is 0 Å². The van der Waals surface area contributed by atoms with Crippen molar-refractivity contribution in [3.05, 3.63) is 89.5 Å². The van der Waals surface area contributed by atoms with Crippen molar-refractivity contribution in [1.82, 2.24) is 0 Å². The fourth-order valence-electron chi connectivity index (χ4n) is 5.59. The van der Waals surface area contributed by atoms with Crippen molar-refractivity contribution in [1.29, 1.82) is 0 Å². The molecule has 2 unspecified atom stereocenters. The summed E-state index contributed by atoms with van der Waals surface area (Å²) in [6.07, 6.45) is 14.2. The highest BCUT2D eigenvalue weighted by atomic mass is 19.2. The lowest BCUT2D eigenvalue weighted by molar-refractivity contribution is -0.000894. The van der Waals surface area contributed by atoms with Gasteiger partial charge in [-0.2, -0.15) is 4.39 Å². The van der Waals surface area contributed by atoms with Crippen LogP contribution in [0, 0.1) is 23.3 Å². The summed E-state index contributed by atoms with van der Waals surface area (Å²) in [7, 11) is 0. The Kier molecular flexibility index (Phi) is 12.1. The lowest BCUT2D eigenvalue weighted by atomic mass is 9.88. The Bertz CT molecular complexity index is 1310. The molecular formula is C36H42F4O2. The minimum absolute atomic E-state index is 0.0780. The first-order valence-electron chi connectivity index (χ1n) is 15.4. The molecule has 3 aromatic rings. The predicted molar refractivity (Wildman–Crippen MR) is 162 cm³/mol. The molecule has 226 valence electrons. The molecule has 1 aliphatic heterocycles. The Labute approximate surface area is 247 Å². The third-order valence-corrected chi connectivity index (χ3v) is 8.12. The molecule has 0 aliphatic carbocycles. The van der Waals surface area contributed by atoms with E-state index in [2.05, 4.69) is 13.0 Å². The van der Waals surface area contributed by atoms with Gasteiger partial charge in [0, 0.05) is 17.0 Å². The van der Waals surface area contributed by atoms with Gasteiger partial charge in [-0.15, -0.1) is 0 Å². The van der Waals surface area contributed by atoms with Crippen LogP contribution in [0.2, 0.25) is 0 Å². The molecule has 1 saturated heterocycles. The number of halogens is 4. The Balaban J connectivity index is 1.39. The molecule has 6 heteroatoms. The van der Waals surface area contributed by atoms with Gasteiger partial charge in [-0.1, -0.05) is 87.6 Å². The number of ether oxygens (including phenoxy) is 2. The molecule has 1 heterocycles. The molecule has 0 bridgehead atoms. The van der Waals surface area contributed by atoms with Crippen LogP contribution < -0.4 is 4.74 Å². The van der Waals surface area contributed by atoms with Crippen LogP contribution in [-0.2, 0) is 4.74 Å². The zero-order valence-corrected chi connectivity index (χ0v) is 24.7. The third-order valence-electron chi connectivity index (χ3n) is 8.12. The monoisotopic (exact) mass is 582 g/mol. The van der Waals surface area contributed by atoms with Gasteiger partial charge in [0.15, 0.2) is 23.2 Å².